The maximum absolute atomic E-state index is 4.90. The number of hydrogen-bond acceptors (Lipinski definition) is 6. The highest BCUT2D eigenvalue weighted by atomic mass is 15.3. The lowest BCUT2D eigenvalue weighted by Gasteiger charge is -2.37. The molecule has 5 rings (SSSR count). The molecule has 158 valence electrons. The van der Waals surface area contributed by atoms with Crippen LogP contribution < -0.4 is 15.1 Å². The Morgan fingerprint density at radius 3 is 2.26 bits per heavy atom. The van der Waals surface area contributed by atoms with Gasteiger partial charge in [-0.15, -0.1) is 0 Å². The minimum atomic E-state index is 0.660. The van der Waals surface area contributed by atoms with Crippen LogP contribution in [0.1, 0.15) is 5.56 Å². The first-order valence-corrected chi connectivity index (χ1v) is 10.8. The van der Waals surface area contributed by atoms with Gasteiger partial charge in [-0.05, 0) is 24.1 Å². The Labute approximate surface area is 182 Å². The molecule has 7 nitrogen and oxygen atoms in total. The standard InChI is InChI=1S/C24H27N7/c1-29-22-21(18-26-29)23(28-24(27-22)25-13-12-19-8-4-2-5-9-19)31-16-14-30(15-17-31)20-10-6-3-7-11-20/h2-11,18H,12-17H2,1H3,(H,25,27,28). The van der Waals surface area contributed by atoms with Gasteiger partial charge in [0.25, 0.3) is 0 Å². The molecule has 1 aliphatic rings. The highest BCUT2D eigenvalue weighted by Gasteiger charge is 2.22. The summed E-state index contributed by atoms with van der Waals surface area (Å²) in [4.78, 5) is 14.4. The molecule has 2 aromatic carbocycles. The molecule has 1 saturated heterocycles. The van der Waals surface area contributed by atoms with Gasteiger partial charge in [0.05, 0.1) is 11.6 Å². The second kappa shape index (κ2) is 8.63. The van der Waals surface area contributed by atoms with E-state index in [1.54, 1.807) is 0 Å². The molecule has 0 amide bonds. The van der Waals surface area contributed by atoms with Crippen LogP contribution in [-0.2, 0) is 13.5 Å². The van der Waals surface area contributed by atoms with Gasteiger partial charge in [-0.1, -0.05) is 48.5 Å². The zero-order chi connectivity index (χ0) is 21.0. The van der Waals surface area contributed by atoms with Crippen molar-refractivity contribution in [2.45, 2.75) is 6.42 Å². The van der Waals surface area contributed by atoms with Gasteiger partial charge in [0.2, 0.25) is 5.95 Å². The highest BCUT2D eigenvalue weighted by Crippen LogP contribution is 2.27. The zero-order valence-electron chi connectivity index (χ0n) is 17.8. The van der Waals surface area contributed by atoms with E-state index < -0.39 is 0 Å². The Morgan fingerprint density at radius 2 is 1.52 bits per heavy atom. The quantitative estimate of drug-likeness (QED) is 0.523. The van der Waals surface area contributed by atoms with Gasteiger partial charge in [0.1, 0.15) is 5.82 Å². The lowest BCUT2D eigenvalue weighted by molar-refractivity contribution is 0.649. The van der Waals surface area contributed by atoms with E-state index >= 15 is 0 Å². The van der Waals surface area contributed by atoms with Gasteiger partial charge in [-0.2, -0.15) is 15.1 Å². The second-order valence-electron chi connectivity index (χ2n) is 7.85. The lowest BCUT2D eigenvalue weighted by Crippen LogP contribution is -2.47. The summed E-state index contributed by atoms with van der Waals surface area (Å²) in [6.07, 6.45) is 2.81. The molecule has 4 aromatic rings. The molecule has 0 radical (unpaired) electrons. The number of para-hydroxylation sites is 1. The molecule has 2 aromatic heterocycles. The number of hydrogen-bond donors (Lipinski definition) is 1. The molecule has 31 heavy (non-hydrogen) atoms. The predicted molar refractivity (Wildman–Crippen MR) is 126 cm³/mol. The van der Waals surface area contributed by atoms with E-state index in [0.29, 0.717) is 5.95 Å². The van der Waals surface area contributed by atoms with Crippen molar-refractivity contribution < 1.29 is 0 Å². The largest absolute Gasteiger partial charge is 0.368 e. The van der Waals surface area contributed by atoms with Gasteiger partial charge in [-0.25, -0.2) is 0 Å². The Bertz CT molecular complexity index is 1130. The van der Waals surface area contributed by atoms with Crippen LogP contribution in [0.25, 0.3) is 11.0 Å². The number of anilines is 3. The Hall–Kier alpha value is -3.61. The SMILES string of the molecule is Cn1ncc2c(N3CCN(c4ccccc4)CC3)nc(NCCc3ccccc3)nc21. The molecule has 0 saturated carbocycles. The van der Waals surface area contributed by atoms with Crippen LogP contribution in [0.5, 0.6) is 0 Å². The Kier molecular flexibility index (Phi) is 5.39. The molecule has 1 N–H and O–H groups in total. The number of fused-ring (bicyclic) bond motifs is 1. The van der Waals surface area contributed by atoms with Crippen molar-refractivity contribution in [1.29, 1.82) is 0 Å². The van der Waals surface area contributed by atoms with Gasteiger partial charge in [-0.3, -0.25) is 4.68 Å². The smallest absolute Gasteiger partial charge is 0.226 e. The number of piperazine rings is 1. The average molecular weight is 414 g/mol. The number of aromatic nitrogens is 4. The Morgan fingerprint density at radius 1 is 0.839 bits per heavy atom. The van der Waals surface area contributed by atoms with Crippen LogP contribution in [0.4, 0.5) is 17.5 Å². The first-order chi connectivity index (χ1) is 15.3. The average Bonchev–Trinajstić information content (AvgIpc) is 3.21. The first-order valence-electron chi connectivity index (χ1n) is 10.8. The molecule has 7 heteroatoms. The number of rotatable bonds is 6. The summed E-state index contributed by atoms with van der Waals surface area (Å²) in [5.41, 5.74) is 3.44. The van der Waals surface area contributed by atoms with Crippen LogP contribution >= 0.6 is 0 Å². The van der Waals surface area contributed by atoms with E-state index in [1.807, 2.05) is 24.0 Å². The molecule has 1 aliphatic heterocycles. The van der Waals surface area contributed by atoms with Crippen LogP contribution in [0.3, 0.4) is 0 Å². The fourth-order valence-electron chi connectivity index (χ4n) is 4.11. The molecule has 0 spiro atoms. The topological polar surface area (TPSA) is 62.1 Å². The van der Waals surface area contributed by atoms with Crippen molar-refractivity contribution in [1.82, 2.24) is 19.7 Å². The fourth-order valence-corrected chi connectivity index (χ4v) is 4.11. The summed E-state index contributed by atoms with van der Waals surface area (Å²) in [6, 6.07) is 21.1. The van der Waals surface area contributed by atoms with Crippen LogP contribution in [0, 0.1) is 0 Å². The zero-order valence-corrected chi connectivity index (χ0v) is 17.8. The third-order valence-electron chi connectivity index (χ3n) is 5.81. The van der Waals surface area contributed by atoms with Gasteiger partial charge >= 0.3 is 0 Å². The van der Waals surface area contributed by atoms with Gasteiger partial charge in [0, 0.05) is 45.5 Å². The van der Waals surface area contributed by atoms with Gasteiger partial charge < -0.3 is 15.1 Å². The number of benzene rings is 2. The van der Waals surface area contributed by atoms with Crippen molar-refractivity contribution in [3.8, 4) is 0 Å². The molecule has 0 aliphatic carbocycles. The van der Waals surface area contributed by atoms with Crippen molar-refractivity contribution in [3.63, 3.8) is 0 Å². The summed E-state index contributed by atoms with van der Waals surface area (Å²) in [7, 11) is 1.93. The summed E-state index contributed by atoms with van der Waals surface area (Å²) in [5.74, 6) is 1.63. The third-order valence-corrected chi connectivity index (χ3v) is 5.81. The van der Waals surface area contributed by atoms with E-state index in [4.69, 9.17) is 9.97 Å². The molecular weight excluding hydrogens is 386 g/mol. The number of nitrogens with zero attached hydrogens (tertiary/aromatic N) is 6. The monoisotopic (exact) mass is 413 g/mol. The van der Waals surface area contributed by atoms with Crippen molar-refractivity contribution in [2.75, 3.05) is 47.8 Å². The van der Waals surface area contributed by atoms with Crippen LogP contribution in [0.15, 0.2) is 66.9 Å². The van der Waals surface area contributed by atoms with E-state index in [-0.39, 0.29) is 0 Å². The second-order valence-corrected chi connectivity index (χ2v) is 7.85. The molecule has 0 bridgehead atoms. The van der Waals surface area contributed by atoms with Crippen LogP contribution in [0.2, 0.25) is 0 Å². The van der Waals surface area contributed by atoms with Crippen LogP contribution in [-0.4, -0.2) is 52.5 Å². The fraction of sp³-hybridized carbons (Fsp3) is 0.292. The molecule has 1 fully saturated rings. The van der Waals surface area contributed by atoms with Gasteiger partial charge in [0.15, 0.2) is 5.65 Å². The van der Waals surface area contributed by atoms with E-state index in [1.165, 1.54) is 11.3 Å². The van der Waals surface area contributed by atoms with E-state index in [2.05, 4.69) is 74.8 Å². The summed E-state index contributed by atoms with van der Waals surface area (Å²) in [5, 5.41) is 8.85. The lowest BCUT2D eigenvalue weighted by atomic mass is 10.1. The summed E-state index contributed by atoms with van der Waals surface area (Å²) < 4.78 is 1.82. The highest BCUT2D eigenvalue weighted by molar-refractivity contribution is 5.88. The molecule has 0 unspecified atom stereocenters. The minimum absolute atomic E-state index is 0.660. The van der Waals surface area contributed by atoms with E-state index in [9.17, 15) is 0 Å². The minimum Gasteiger partial charge on any atom is -0.368 e. The maximum Gasteiger partial charge on any atom is 0.226 e. The third kappa shape index (κ3) is 4.17. The summed E-state index contributed by atoms with van der Waals surface area (Å²) in [6.45, 7) is 4.55. The van der Waals surface area contributed by atoms with E-state index in [0.717, 1.165) is 56.0 Å². The molecule has 3 heterocycles. The molecule has 0 atom stereocenters. The predicted octanol–water partition coefficient (Wildman–Crippen LogP) is 3.34. The van der Waals surface area contributed by atoms with Crippen molar-refractivity contribution in [2.24, 2.45) is 7.05 Å². The van der Waals surface area contributed by atoms with Crippen molar-refractivity contribution >= 4 is 28.5 Å². The summed E-state index contributed by atoms with van der Waals surface area (Å²) >= 11 is 0. The first kappa shape index (κ1) is 19.4. The number of aryl methyl sites for hydroxylation is 1. The normalized spacial score (nSPS) is 14.2. The Balaban J connectivity index is 1.33. The maximum atomic E-state index is 4.90. The molecular formula is C24H27N7. The van der Waals surface area contributed by atoms with Crippen molar-refractivity contribution in [3.05, 3.63) is 72.4 Å². The number of nitrogens with one attached hydrogen (secondary N) is 1.